The molecule has 1 atom stereocenters. The molecule has 3 rings (SSSR count). The quantitative estimate of drug-likeness (QED) is 0.625. The predicted molar refractivity (Wildman–Crippen MR) is 135 cm³/mol. The van der Waals surface area contributed by atoms with E-state index in [-0.39, 0.29) is 6.04 Å². The second-order valence-corrected chi connectivity index (χ2v) is 8.95. The van der Waals surface area contributed by atoms with Gasteiger partial charge in [0.25, 0.3) is 0 Å². The lowest BCUT2D eigenvalue weighted by Crippen LogP contribution is -2.49. The molecule has 2 N–H and O–H groups in total. The molecule has 1 aliphatic rings. The Morgan fingerprint density at radius 2 is 1.33 bits per heavy atom. The molecule has 0 aliphatic carbocycles. The first-order chi connectivity index (χ1) is 15.7. The van der Waals surface area contributed by atoms with Crippen molar-refractivity contribution in [3.8, 4) is 0 Å². The highest BCUT2D eigenvalue weighted by molar-refractivity contribution is 6.39. The molecule has 0 saturated carbocycles. The van der Waals surface area contributed by atoms with Crippen molar-refractivity contribution in [3.05, 3.63) is 54.1 Å². The lowest BCUT2D eigenvalue weighted by atomic mass is 10.0. The van der Waals surface area contributed by atoms with Crippen molar-refractivity contribution < 1.29 is 9.59 Å². The third-order valence-electron chi connectivity index (χ3n) is 6.08. The molecule has 1 saturated heterocycles. The zero-order chi connectivity index (χ0) is 24.0. The summed E-state index contributed by atoms with van der Waals surface area (Å²) in [6, 6.07) is 15.8. The molecular formula is C25H36N6O2. The van der Waals surface area contributed by atoms with Gasteiger partial charge >= 0.3 is 11.8 Å². The van der Waals surface area contributed by atoms with Crippen molar-refractivity contribution in [1.82, 2.24) is 15.1 Å². The van der Waals surface area contributed by atoms with Gasteiger partial charge in [-0.2, -0.15) is 0 Å². The Morgan fingerprint density at radius 1 is 0.818 bits per heavy atom. The van der Waals surface area contributed by atoms with E-state index in [1.165, 1.54) is 0 Å². The van der Waals surface area contributed by atoms with Gasteiger partial charge in [-0.25, -0.2) is 0 Å². The van der Waals surface area contributed by atoms with Crippen LogP contribution in [0, 0.1) is 0 Å². The number of amides is 2. The summed E-state index contributed by atoms with van der Waals surface area (Å²) in [5, 5.41) is 5.53. The molecule has 0 bridgehead atoms. The highest BCUT2D eigenvalue weighted by atomic mass is 16.2. The summed E-state index contributed by atoms with van der Waals surface area (Å²) in [5.41, 5.74) is 3.87. The predicted octanol–water partition coefficient (Wildman–Crippen LogP) is 1.86. The van der Waals surface area contributed by atoms with Gasteiger partial charge in [0.15, 0.2) is 0 Å². The first kappa shape index (κ1) is 24.5. The van der Waals surface area contributed by atoms with Crippen LogP contribution in [0.3, 0.4) is 0 Å². The Labute approximate surface area is 197 Å². The van der Waals surface area contributed by atoms with Gasteiger partial charge in [0.2, 0.25) is 0 Å². The largest absolute Gasteiger partial charge is 0.378 e. The topological polar surface area (TPSA) is 71.2 Å². The third kappa shape index (κ3) is 6.69. The van der Waals surface area contributed by atoms with E-state index in [2.05, 4.69) is 56.6 Å². The van der Waals surface area contributed by atoms with Crippen LogP contribution in [0.2, 0.25) is 0 Å². The summed E-state index contributed by atoms with van der Waals surface area (Å²) >= 11 is 0. The van der Waals surface area contributed by atoms with E-state index in [4.69, 9.17) is 0 Å². The first-order valence-electron chi connectivity index (χ1n) is 11.3. The minimum atomic E-state index is -0.660. The van der Waals surface area contributed by atoms with Gasteiger partial charge in [-0.3, -0.25) is 14.5 Å². The average Bonchev–Trinajstić information content (AvgIpc) is 2.80. The van der Waals surface area contributed by atoms with E-state index in [1.807, 2.05) is 45.2 Å². The average molecular weight is 453 g/mol. The Balaban J connectivity index is 1.65. The van der Waals surface area contributed by atoms with Crippen LogP contribution in [0.25, 0.3) is 0 Å². The molecule has 1 unspecified atom stereocenters. The van der Waals surface area contributed by atoms with Crippen LogP contribution in [0.4, 0.5) is 17.1 Å². The molecule has 178 valence electrons. The van der Waals surface area contributed by atoms with Gasteiger partial charge < -0.3 is 25.3 Å². The fourth-order valence-electron chi connectivity index (χ4n) is 3.89. The number of anilines is 3. The number of rotatable bonds is 7. The molecule has 2 aromatic rings. The molecule has 33 heavy (non-hydrogen) atoms. The van der Waals surface area contributed by atoms with E-state index < -0.39 is 11.8 Å². The summed E-state index contributed by atoms with van der Waals surface area (Å²) in [4.78, 5) is 33.7. The molecule has 2 aromatic carbocycles. The Bertz CT molecular complexity index is 919. The van der Waals surface area contributed by atoms with Crippen LogP contribution in [0.5, 0.6) is 0 Å². The van der Waals surface area contributed by atoms with Gasteiger partial charge in [-0.05, 0) is 49.0 Å². The number of carbonyl (C=O) groups excluding carboxylic acids is 2. The van der Waals surface area contributed by atoms with Gasteiger partial charge in [-0.15, -0.1) is 0 Å². The van der Waals surface area contributed by atoms with Gasteiger partial charge in [0.05, 0.1) is 6.04 Å². The van der Waals surface area contributed by atoms with Crippen LogP contribution in [-0.4, -0.2) is 89.6 Å². The van der Waals surface area contributed by atoms with Gasteiger partial charge in [0.1, 0.15) is 0 Å². The maximum Gasteiger partial charge on any atom is 0.313 e. The second kappa shape index (κ2) is 11.2. The highest BCUT2D eigenvalue weighted by Crippen LogP contribution is 2.24. The number of hydrogen-bond acceptors (Lipinski definition) is 6. The van der Waals surface area contributed by atoms with Crippen LogP contribution < -0.4 is 20.4 Å². The van der Waals surface area contributed by atoms with Gasteiger partial charge in [0, 0.05) is 78.0 Å². The summed E-state index contributed by atoms with van der Waals surface area (Å²) < 4.78 is 0. The zero-order valence-corrected chi connectivity index (χ0v) is 20.3. The monoisotopic (exact) mass is 452 g/mol. The second-order valence-electron chi connectivity index (χ2n) is 8.95. The van der Waals surface area contributed by atoms with Crippen LogP contribution >= 0.6 is 0 Å². The van der Waals surface area contributed by atoms with Crippen molar-refractivity contribution >= 4 is 28.9 Å². The highest BCUT2D eigenvalue weighted by Gasteiger charge is 2.25. The minimum absolute atomic E-state index is 0.00559. The van der Waals surface area contributed by atoms with E-state index >= 15 is 0 Å². The lowest BCUT2D eigenvalue weighted by molar-refractivity contribution is -0.136. The Kier molecular flexibility index (Phi) is 8.30. The molecule has 0 spiro atoms. The number of piperazine rings is 1. The minimum Gasteiger partial charge on any atom is -0.378 e. The smallest absolute Gasteiger partial charge is 0.313 e. The lowest BCUT2D eigenvalue weighted by Gasteiger charge is -2.38. The molecular weight excluding hydrogens is 416 g/mol. The number of nitrogens with zero attached hydrogens (tertiary/aromatic N) is 4. The number of likely N-dealkylation sites (N-methyl/N-ethyl adjacent to an activating group) is 1. The maximum absolute atomic E-state index is 12.6. The molecule has 2 amide bonds. The van der Waals surface area contributed by atoms with Crippen molar-refractivity contribution in [3.63, 3.8) is 0 Å². The molecule has 8 nitrogen and oxygen atoms in total. The van der Waals surface area contributed by atoms with E-state index in [0.29, 0.717) is 12.2 Å². The SMILES string of the molecule is CN1CCN(C(CNC(=O)C(=O)Nc2ccc(N(C)C)cc2)c2ccc(N(C)C)cc2)CC1. The van der Waals surface area contributed by atoms with Gasteiger partial charge in [-0.1, -0.05) is 12.1 Å². The summed E-state index contributed by atoms with van der Waals surface area (Å²) in [7, 11) is 10.0. The van der Waals surface area contributed by atoms with Crippen molar-refractivity contribution in [1.29, 1.82) is 0 Å². The molecule has 1 heterocycles. The van der Waals surface area contributed by atoms with Crippen LogP contribution in [0.1, 0.15) is 11.6 Å². The summed E-state index contributed by atoms with van der Waals surface area (Å²) in [5.74, 6) is -1.29. The summed E-state index contributed by atoms with van der Waals surface area (Å²) in [6.45, 7) is 4.15. The number of hydrogen-bond donors (Lipinski definition) is 2. The number of nitrogens with one attached hydrogen (secondary N) is 2. The molecule has 1 aliphatic heterocycles. The van der Waals surface area contributed by atoms with Crippen molar-refractivity contribution in [2.45, 2.75) is 6.04 Å². The third-order valence-corrected chi connectivity index (χ3v) is 6.08. The molecule has 8 heteroatoms. The van der Waals surface area contributed by atoms with Crippen molar-refractivity contribution in [2.75, 3.05) is 83.1 Å². The normalized spacial score (nSPS) is 15.5. The fraction of sp³-hybridized carbons (Fsp3) is 0.440. The van der Waals surface area contributed by atoms with Crippen LogP contribution in [-0.2, 0) is 9.59 Å². The first-order valence-corrected chi connectivity index (χ1v) is 11.3. The summed E-state index contributed by atoms with van der Waals surface area (Å²) in [6.07, 6.45) is 0. The standard InChI is InChI=1S/C25H36N6O2/c1-28(2)21-10-6-19(7-11-21)23(31-16-14-30(5)15-17-31)18-26-24(32)25(33)27-20-8-12-22(13-9-20)29(3)4/h6-13,23H,14-18H2,1-5H3,(H,26,32)(H,27,33). The molecule has 0 radical (unpaired) electrons. The van der Waals surface area contributed by atoms with E-state index in [9.17, 15) is 9.59 Å². The maximum atomic E-state index is 12.6. The van der Waals surface area contributed by atoms with E-state index in [1.54, 1.807) is 12.1 Å². The van der Waals surface area contributed by atoms with Crippen LogP contribution in [0.15, 0.2) is 48.5 Å². The number of carbonyl (C=O) groups is 2. The molecule has 0 aromatic heterocycles. The number of benzene rings is 2. The van der Waals surface area contributed by atoms with E-state index in [0.717, 1.165) is 43.1 Å². The molecule has 1 fully saturated rings. The fourth-order valence-corrected chi connectivity index (χ4v) is 3.89. The Morgan fingerprint density at radius 3 is 1.85 bits per heavy atom. The zero-order valence-electron chi connectivity index (χ0n) is 20.3. The Hall–Kier alpha value is -3.10. The van der Waals surface area contributed by atoms with Crippen molar-refractivity contribution in [2.24, 2.45) is 0 Å².